The summed E-state index contributed by atoms with van der Waals surface area (Å²) in [6.45, 7) is 8.91. The highest BCUT2D eigenvalue weighted by Crippen LogP contribution is 2.54. The van der Waals surface area contributed by atoms with Crippen molar-refractivity contribution < 1.29 is 9.52 Å². The number of anilines is 1. The van der Waals surface area contributed by atoms with Gasteiger partial charge in [0.2, 0.25) is 0 Å². The van der Waals surface area contributed by atoms with Gasteiger partial charge >= 0.3 is 0 Å². The maximum Gasteiger partial charge on any atom is 0.182 e. The number of aromatic nitrogens is 1. The molecule has 5 heteroatoms. The van der Waals surface area contributed by atoms with Gasteiger partial charge in [-0.1, -0.05) is 26.0 Å². The number of aliphatic hydroxyl groups excluding tert-OH is 1. The summed E-state index contributed by atoms with van der Waals surface area (Å²) >= 11 is 0. The molecule has 1 atom stereocenters. The number of hydrogen-bond donors (Lipinski definition) is 1. The van der Waals surface area contributed by atoms with Crippen LogP contribution in [0.5, 0.6) is 0 Å². The predicted molar refractivity (Wildman–Crippen MR) is 106 cm³/mol. The quantitative estimate of drug-likeness (QED) is 0.581. The Kier molecular flexibility index (Phi) is 4.10. The molecule has 2 aromatic rings. The van der Waals surface area contributed by atoms with Crippen molar-refractivity contribution >= 4 is 29.2 Å². The van der Waals surface area contributed by atoms with Gasteiger partial charge in [0, 0.05) is 12.1 Å². The molecule has 1 saturated carbocycles. The van der Waals surface area contributed by atoms with E-state index in [2.05, 4.69) is 35.3 Å². The number of oxazole rings is 1. The highest BCUT2D eigenvalue weighted by atomic mass is 16.3. The number of hydrogen-bond acceptors (Lipinski definition) is 5. The highest BCUT2D eigenvalue weighted by Gasteiger charge is 2.41. The molecule has 1 aromatic carbocycles. The molecule has 2 aliphatic rings. The average molecular weight is 351 g/mol. The summed E-state index contributed by atoms with van der Waals surface area (Å²) in [5.41, 5.74) is 4.69. The number of nitrogens with zero attached hydrogens (tertiary/aromatic N) is 3. The van der Waals surface area contributed by atoms with E-state index >= 15 is 0 Å². The van der Waals surface area contributed by atoms with E-state index < -0.39 is 0 Å². The number of rotatable bonds is 6. The summed E-state index contributed by atoms with van der Waals surface area (Å²) < 4.78 is 5.69. The molecule has 136 valence electrons. The Morgan fingerprint density at radius 3 is 2.88 bits per heavy atom. The Balaban J connectivity index is 1.71. The second kappa shape index (κ2) is 6.31. The third-order valence-corrected chi connectivity index (χ3v) is 5.70. The zero-order chi connectivity index (χ0) is 18.3. The van der Waals surface area contributed by atoms with Crippen LogP contribution in [0.25, 0.3) is 17.2 Å². The third kappa shape index (κ3) is 3.02. The van der Waals surface area contributed by atoms with Crippen LogP contribution in [0.4, 0.5) is 5.69 Å². The molecule has 0 spiro atoms. The maximum atomic E-state index is 10.1. The predicted octanol–water partition coefficient (Wildman–Crippen LogP) is 5.10. The molecular formula is C21H25N3O2. The van der Waals surface area contributed by atoms with Crippen molar-refractivity contribution in [1.82, 2.24) is 4.98 Å². The monoisotopic (exact) mass is 351 g/mol. The lowest BCUT2D eigenvalue weighted by molar-refractivity contribution is 0.402. The number of aliphatic hydroxyl groups is 1. The Labute approximate surface area is 153 Å². The summed E-state index contributed by atoms with van der Waals surface area (Å²) in [7, 11) is 0. The molecule has 0 bridgehead atoms. The maximum absolute atomic E-state index is 10.1. The minimum atomic E-state index is 0.144. The molecule has 1 aromatic heterocycles. The Bertz CT molecular complexity index is 905. The highest BCUT2D eigenvalue weighted by molar-refractivity contribution is 5.98. The van der Waals surface area contributed by atoms with Crippen molar-refractivity contribution in [3.05, 3.63) is 42.0 Å². The van der Waals surface area contributed by atoms with Gasteiger partial charge in [0.05, 0.1) is 18.1 Å². The second-order valence-electron chi connectivity index (χ2n) is 7.62. The van der Waals surface area contributed by atoms with Crippen LogP contribution in [-0.4, -0.2) is 29.0 Å². The second-order valence-corrected chi connectivity index (χ2v) is 7.62. The van der Waals surface area contributed by atoms with Gasteiger partial charge in [0.1, 0.15) is 11.3 Å². The van der Waals surface area contributed by atoms with Gasteiger partial charge in [-0.2, -0.15) is 0 Å². The molecule has 4 rings (SSSR count). The van der Waals surface area contributed by atoms with Gasteiger partial charge < -0.3 is 14.4 Å². The fourth-order valence-corrected chi connectivity index (χ4v) is 3.69. The van der Waals surface area contributed by atoms with Crippen LogP contribution in [0.15, 0.2) is 45.8 Å². The van der Waals surface area contributed by atoms with E-state index in [0.29, 0.717) is 5.41 Å². The largest absolute Gasteiger partial charge is 0.508 e. The van der Waals surface area contributed by atoms with Crippen LogP contribution in [0, 0.1) is 5.41 Å². The number of benzene rings is 1. The van der Waals surface area contributed by atoms with Crippen molar-refractivity contribution in [3.8, 4) is 0 Å². The van der Waals surface area contributed by atoms with E-state index in [-0.39, 0.29) is 11.8 Å². The first-order chi connectivity index (χ1) is 12.5. The molecule has 1 fully saturated rings. The lowest BCUT2D eigenvalue weighted by atomic mass is 9.91. The normalized spacial score (nSPS) is 21.5. The first-order valence-electron chi connectivity index (χ1n) is 9.26. The van der Waals surface area contributed by atoms with Gasteiger partial charge in [0.15, 0.2) is 12.0 Å². The van der Waals surface area contributed by atoms with Crippen molar-refractivity contribution in [2.45, 2.75) is 45.6 Å². The fourth-order valence-electron chi connectivity index (χ4n) is 3.69. The zero-order valence-electron chi connectivity index (χ0n) is 15.4. The summed E-state index contributed by atoms with van der Waals surface area (Å²) in [5.74, 6) is 0.144. The van der Waals surface area contributed by atoms with E-state index in [0.717, 1.165) is 47.3 Å². The summed E-state index contributed by atoms with van der Waals surface area (Å²) in [6.07, 6.45) is 9.77. The van der Waals surface area contributed by atoms with Crippen LogP contribution in [0.3, 0.4) is 0 Å². The molecule has 0 saturated heterocycles. The Morgan fingerprint density at radius 1 is 1.46 bits per heavy atom. The van der Waals surface area contributed by atoms with Gasteiger partial charge in [-0.05, 0) is 49.3 Å². The summed E-state index contributed by atoms with van der Waals surface area (Å²) in [5, 5.41) is 10.1. The third-order valence-electron chi connectivity index (χ3n) is 5.70. The van der Waals surface area contributed by atoms with Crippen LogP contribution < -0.4 is 4.90 Å². The van der Waals surface area contributed by atoms with Crippen LogP contribution in [0.2, 0.25) is 0 Å². The number of allylic oxidation sites excluding steroid dienone is 1. The van der Waals surface area contributed by atoms with E-state index in [9.17, 15) is 5.11 Å². The van der Waals surface area contributed by atoms with E-state index in [1.807, 2.05) is 24.5 Å². The molecular weight excluding hydrogens is 326 g/mol. The molecule has 5 nitrogen and oxygen atoms in total. The average Bonchev–Trinajstić information content (AvgIpc) is 3.02. The molecule has 26 heavy (non-hydrogen) atoms. The van der Waals surface area contributed by atoms with Gasteiger partial charge in [0.25, 0.3) is 0 Å². The van der Waals surface area contributed by atoms with Crippen molar-refractivity contribution in [2.24, 2.45) is 10.4 Å². The van der Waals surface area contributed by atoms with Crippen LogP contribution >= 0.6 is 0 Å². The summed E-state index contributed by atoms with van der Waals surface area (Å²) in [6, 6.07) is 4.35. The van der Waals surface area contributed by atoms with Crippen LogP contribution in [0.1, 0.15) is 45.1 Å². The molecule has 0 radical (unpaired) electrons. The molecule has 2 heterocycles. The molecule has 1 aliphatic carbocycles. The van der Waals surface area contributed by atoms with Gasteiger partial charge in [-0.3, -0.25) is 4.99 Å². The smallest absolute Gasteiger partial charge is 0.182 e. The SMILES string of the molecule is C=C(O)/C(=C/c1ccc(N2C=NC(C)C2)c2ocnc12)CC1(CC)CC1. The van der Waals surface area contributed by atoms with E-state index in [1.165, 1.54) is 19.2 Å². The zero-order valence-corrected chi connectivity index (χ0v) is 15.4. The number of fused-ring (bicyclic) bond motifs is 1. The Hall–Kier alpha value is -2.56. The fraction of sp³-hybridized carbons (Fsp3) is 0.429. The van der Waals surface area contributed by atoms with Crippen molar-refractivity contribution in [2.75, 3.05) is 11.4 Å². The van der Waals surface area contributed by atoms with Gasteiger partial charge in [-0.25, -0.2) is 4.98 Å². The molecule has 1 N–H and O–H groups in total. The first kappa shape index (κ1) is 16.9. The lowest BCUT2D eigenvalue weighted by Crippen LogP contribution is -2.21. The van der Waals surface area contributed by atoms with E-state index in [4.69, 9.17) is 4.42 Å². The summed E-state index contributed by atoms with van der Waals surface area (Å²) in [4.78, 5) is 10.9. The minimum absolute atomic E-state index is 0.144. The molecule has 1 aliphatic heterocycles. The van der Waals surface area contributed by atoms with Crippen molar-refractivity contribution in [1.29, 1.82) is 0 Å². The standard InChI is InChI=1S/C21H25N3O2/c1-4-21(7-8-21)10-17(15(3)25)9-16-5-6-18(20-19(16)23-13-26-20)24-11-14(2)22-12-24/h5-6,9,12-14,25H,3-4,7-8,10-11H2,1-2H3/b17-9+. The number of aliphatic imine (C=N–C) groups is 1. The van der Waals surface area contributed by atoms with Crippen molar-refractivity contribution in [3.63, 3.8) is 0 Å². The first-order valence-corrected chi connectivity index (χ1v) is 9.26. The van der Waals surface area contributed by atoms with Crippen LogP contribution in [-0.2, 0) is 0 Å². The lowest BCUT2D eigenvalue weighted by Gasteiger charge is -2.17. The molecule has 0 amide bonds. The Morgan fingerprint density at radius 2 is 2.27 bits per heavy atom. The van der Waals surface area contributed by atoms with Gasteiger partial charge in [-0.15, -0.1) is 0 Å². The van der Waals surface area contributed by atoms with E-state index in [1.54, 1.807) is 0 Å². The topological polar surface area (TPSA) is 61.9 Å². The molecule has 1 unspecified atom stereocenters. The minimum Gasteiger partial charge on any atom is -0.508 e.